The predicted molar refractivity (Wildman–Crippen MR) is 68.2 cm³/mol. The van der Waals surface area contributed by atoms with Gasteiger partial charge < -0.3 is 9.45 Å². The highest BCUT2D eigenvalue weighted by atomic mass is 127. The third-order valence-electron chi connectivity index (χ3n) is 1.59. The fraction of sp³-hybridized carbons (Fsp3) is 0.250. The Balaban J connectivity index is 2.47. The summed E-state index contributed by atoms with van der Waals surface area (Å²) >= 11 is 0.892. The van der Waals surface area contributed by atoms with Gasteiger partial charge in [-0.3, -0.25) is 9.09 Å². The van der Waals surface area contributed by atoms with E-state index in [4.69, 9.17) is 4.89 Å². The van der Waals surface area contributed by atoms with Crippen LogP contribution in [-0.4, -0.2) is 15.4 Å². The molecule has 0 aliphatic carbocycles. The van der Waals surface area contributed by atoms with E-state index in [-0.39, 0.29) is 5.94 Å². The Morgan fingerprint density at radius 1 is 1.53 bits per heavy atom. The van der Waals surface area contributed by atoms with Gasteiger partial charge in [-0.2, -0.15) is 0 Å². The van der Waals surface area contributed by atoms with Crippen LogP contribution in [0.3, 0.4) is 0 Å². The molecule has 0 aliphatic heterocycles. The Bertz CT molecular complexity index is 349. The van der Waals surface area contributed by atoms with Crippen LogP contribution in [0.5, 0.6) is 0 Å². The minimum atomic E-state index is -2.98. The number of halogens is 1. The van der Waals surface area contributed by atoms with Crippen molar-refractivity contribution in [2.45, 2.75) is 5.75 Å². The molecule has 4 nitrogen and oxygen atoms in total. The van der Waals surface area contributed by atoms with Crippen molar-refractivity contribution in [3.8, 4) is 0 Å². The average molecular weight is 360 g/mol. The summed E-state index contributed by atoms with van der Waals surface area (Å²) in [5, 5.41) is 0. The van der Waals surface area contributed by atoms with Gasteiger partial charge in [0.05, 0.1) is 0 Å². The molecule has 0 bridgehead atoms. The molecule has 0 saturated heterocycles. The molecule has 84 valence electrons. The fourth-order valence-electron chi connectivity index (χ4n) is 0.947. The molecule has 0 aromatic heterocycles. The van der Waals surface area contributed by atoms with Gasteiger partial charge in [0.1, 0.15) is 5.75 Å². The summed E-state index contributed by atoms with van der Waals surface area (Å²) in [6, 6.07) is 7.56. The summed E-state index contributed by atoms with van der Waals surface area (Å²) in [7, 11) is -2.98. The van der Waals surface area contributed by atoms with Gasteiger partial charge in [0.25, 0.3) is 0 Å². The maximum Gasteiger partial charge on any atom is 0.320 e. The normalized spacial score (nSPS) is 14.9. The molecule has 0 aliphatic rings. The van der Waals surface area contributed by atoms with Crippen LogP contribution in [0.25, 0.3) is 0 Å². The van der Waals surface area contributed by atoms with Crippen LogP contribution < -0.4 is 0 Å². The molecular weight excluding hydrogens is 350 g/mol. The monoisotopic (exact) mass is 360 g/mol. The average Bonchev–Trinajstić information content (AvgIpc) is 2.18. The Hall–Kier alpha value is 0.410. The molecule has 2 atom stereocenters. The second-order valence-corrected chi connectivity index (χ2v) is 6.09. The molecule has 0 fully saturated rings. The molecule has 1 N–H and O–H groups in total. The van der Waals surface area contributed by atoms with Crippen molar-refractivity contribution in [3.63, 3.8) is 0 Å². The molecular formula is C8H10IO4PS. The first-order valence-corrected chi connectivity index (χ1v) is 7.86. The first-order valence-electron chi connectivity index (χ1n) is 4.03. The first kappa shape index (κ1) is 13.5. The van der Waals surface area contributed by atoms with Gasteiger partial charge in [-0.05, 0) is 39.8 Å². The van der Waals surface area contributed by atoms with E-state index in [1.807, 2.05) is 24.3 Å². The molecule has 1 rings (SSSR count). The lowest BCUT2D eigenvalue weighted by molar-refractivity contribution is 0.322. The van der Waals surface area contributed by atoms with Gasteiger partial charge >= 0.3 is 8.25 Å². The lowest BCUT2D eigenvalue weighted by Gasteiger charge is -2.10. The fourth-order valence-corrected chi connectivity index (χ4v) is 3.39. The van der Waals surface area contributed by atoms with Crippen LogP contribution in [0.4, 0.5) is 0 Å². The van der Waals surface area contributed by atoms with Crippen molar-refractivity contribution in [2.24, 2.45) is 0 Å². The van der Waals surface area contributed by atoms with E-state index in [2.05, 4.69) is 27.1 Å². The molecule has 15 heavy (non-hydrogen) atoms. The summed E-state index contributed by atoms with van der Waals surface area (Å²) < 4.78 is 27.1. The minimum absolute atomic E-state index is 0.195. The SMILES string of the molecule is O=[PH](O)OC[S@@+]([O-])Cc1ccccc1I. The highest BCUT2D eigenvalue weighted by Gasteiger charge is 2.11. The van der Waals surface area contributed by atoms with Crippen molar-refractivity contribution >= 4 is 42.0 Å². The van der Waals surface area contributed by atoms with Crippen molar-refractivity contribution in [2.75, 3.05) is 5.94 Å². The third kappa shape index (κ3) is 5.33. The van der Waals surface area contributed by atoms with E-state index < -0.39 is 19.4 Å². The zero-order valence-corrected chi connectivity index (χ0v) is 11.7. The Morgan fingerprint density at radius 3 is 2.80 bits per heavy atom. The van der Waals surface area contributed by atoms with Gasteiger partial charge in [0.2, 0.25) is 5.94 Å². The second-order valence-electron chi connectivity index (χ2n) is 2.70. The largest absolute Gasteiger partial charge is 0.614 e. The van der Waals surface area contributed by atoms with E-state index in [1.54, 1.807) is 0 Å². The van der Waals surface area contributed by atoms with Crippen LogP contribution in [-0.2, 0) is 26.0 Å². The highest BCUT2D eigenvalue weighted by Crippen LogP contribution is 2.19. The van der Waals surface area contributed by atoms with E-state index in [1.165, 1.54) is 0 Å². The Labute approximate surface area is 105 Å². The van der Waals surface area contributed by atoms with Gasteiger partial charge in [0.15, 0.2) is 0 Å². The topological polar surface area (TPSA) is 69.6 Å². The van der Waals surface area contributed by atoms with E-state index >= 15 is 0 Å². The zero-order chi connectivity index (χ0) is 11.3. The molecule has 0 saturated carbocycles. The quantitative estimate of drug-likeness (QED) is 0.495. The zero-order valence-electron chi connectivity index (χ0n) is 7.68. The standard InChI is InChI=1S/C8H10IO4PS/c9-8-4-2-1-3-7(8)5-15(12)6-13-14(10)11/h1-4,14H,5-6H2,(H,10,11)/t15-/m0/s1. The van der Waals surface area contributed by atoms with Crippen LogP contribution in [0.1, 0.15) is 5.56 Å². The van der Waals surface area contributed by atoms with Crippen LogP contribution in [0.2, 0.25) is 0 Å². The van der Waals surface area contributed by atoms with Crippen molar-refractivity contribution in [1.29, 1.82) is 0 Å². The lowest BCUT2D eigenvalue weighted by Crippen LogP contribution is -2.10. The second kappa shape index (κ2) is 6.88. The highest BCUT2D eigenvalue weighted by molar-refractivity contribution is 14.1. The van der Waals surface area contributed by atoms with E-state index in [9.17, 15) is 9.12 Å². The van der Waals surface area contributed by atoms with Crippen molar-refractivity contribution < 1.29 is 18.5 Å². The predicted octanol–water partition coefficient (Wildman–Crippen LogP) is 1.90. The van der Waals surface area contributed by atoms with Crippen LogP contribution in [0.15, 0.2) is 24.3 Å². The Morgan fingerprint density at radius 2 is 2.20 bits per heavy atom. The van der Waals surface area contributed by atoms with Crippen LogP contribution in [0, 0.1) is 3.57 Å². The number of rotatable bonds is 5. The summed E-state index contributed by atoms with van der Waals surface area (Å²) in [5.41, 5.74) is 0.956. The number of hydrogen-bond donors (Lipinski definition) is 1. The Kier molecular flexibility index (Phi) is 6.18. The van der Waals surface area contributed by atoms with Crippen LogP contribution >= 0.6 is 30.8 Å². The molecule has 0 amide bonds. The first-order chi connectivity index (χ1) is 7.09. The third-order valence-corrected chi connectivity index (χ3v) is 4.25. The summed E-state index contributed by atoms with van der Waals surface area (Å²) in [4.78, 5) is 8.41. The van der Waals surface area contributed by atoms with Gasteiger partial charge in [0, 0.05) is 9.13 Å². The van der Waals surface area contributed by atoms with Gasteiger partial charge in [-0.1, -0.05) is 18.2 Å². The molecule has 1 unspecified atom stereocenters. The number of benzene rings is 1. The van der Waals surface area contributed by atoms with Crippen molar-refractivity contribution in [1.82, 2.24) is 0 Å². The molecule has 0 spiro atoms. The molecule has 7 heteroatoms. The van der Waals surface area contributed by atoms with E-state index in [0.29, 0.717) is 5.75 Å². The summed E-state index contributed by atoms with van der Waals surface area (Å²) in [6.45, 7) is 0. The minimum Gasteiger partial charge on any atom is -0.614 e. The molecule has 1 aromatic rings. The number of hydrogen-bond acceptors (Lipinski definition) is 3. The molecule has 1 aromatic carbocycles. The summed E-state index contributed by atoms with van der Waals surface area (Å²) in [6.07, 6.45) is 0. The van der Waals surface area contributed by atoms with Gasteiger partial charge in [-0.15, -0.1) is 0 Å². The maximum atomic E-state index is 11.4. The smallest absolute Gasteiger partial charge is 0.320 e. The van der Waals surface area contributed by atoms with E-state index in [0.717, 1.165) is 9.13 Å². The maximum absolute atomic E-state index is 11.4. The summed E-state index contributed by atoms with van der Waals surface area (Å²) in [5.74, 6) is 0.146. The lowest BCUT2D eigenvalue weighted by atomic mass is 10.2. The van der Waals surface area contributed by atoms with Crippen molar-refractivity contribution in [3.05, 3.63) is 33.4 Å². The van der Waals surface area contributed by atoms with Gasteiger partial charge in [-0.25, -0.2) is 0 Å². The molecule has 0 radical (unpaired) electrons. The molecule has 0 heterocycles.